The number of anilines is 1. The highest BCUT2D eigenvalue weighted by Gasteiger charge is 2.11. The fourth-order valence-corrected chi connectivity index (χ4v) is 1.13. The van der Waals surface area contributed by atoms with Crippen LogP contribution < -0.4 is 14.8 Å². The molecule has 0 saturated heterocycles. The average Bonchev–Trinajstić information content (AvgIpc) is 2.22. The smallest absolute Gasteiger partial charge is 0.387 e. The molecule has 1 N–H and O–H groups in total. The number of carbonyl (C=O) groups excluding carboxylic acids is 1. The van der Waals surface area contributed by atoms with Crippen molar-refractivity contribution < 1.29 is 23.0 Å². The molecule has 0 bridgehead atoms. The minimum absolute atomic E-state index is 0.0618. The molecule has 1 rings (SSSR count). The molecule has 0 aliphatic rings. The van der Waals surface area contributed by atoms with Crippen LogP contribution in [0.2, 0.25) is 0 Å². The van der Waals surface area contributed by atoms with Gasteiger partial charge in [-0.25, -0.2) is 0 Å². The summed E-state index contributed by atoms with van der Waals surface area (Å²) in [6.45, 7) is -0.889. The molecule has 0 aromatic heterocycles. The molecule has 0 aliphatic heterocycles. The minimum atomic E-state index is -2.91. The van der Waals surface area contributed by atoms with Crippen molar-refractivity contribution in [3.63, 3.8) is 0 Å². The third kappa shape index (κ3) is 3.38. The number of nitrogens with one attached hydrogen (secondary N) is 1. The number of amides is 1. The number of alkyl halides is 2. The number of ether oxygens (including phenoxy) is 2. The number of hydrogen-bond donors (Lipinski definition) is 1. The number of benzene rings is 1. The monoisotopic (exact) mass is 231 g/mol. The van der Waals surface area contributed by atoms with Crippen LogP contribution >= 0.6 is 0 Å². The lowest BCUT2D eigenvalue weighted by Crippen LogP contribution is -2.05. The van der Waals surface area contributed by atoms with Crippen molar-refractivity contribution >= 4 is 12.1 Å². The number of rotatable bonds is 6. The molecule has 0 fully saturated rings. The molecule has 0 radical (unpaired) electrons. The van der Waals surface area contributed by atoms with Crippen molar-refractivity contribution in [1.29, 1.82) is 0 Å². The van der Waals surface area contributed by atoms with E-state index in [1.807, 2.05) is 0 Å². The van der Waals surface area contributed by atoms with Gasteiger partial charge in [0, 0.05) is 11.8 Å². The van der Waals surface area contributed by atoms with Gasteiger partial charge in [-0.2, -0.15) is 8.78 Å². The van der Waals surface area contributed by atoms with Crippen LogP contribution in [-0.2, 0) is 4.79 Å². The van der Waals surface area contributed by atoms with E-state index in [-0.39, 0.29) is 11.5 Å². The van der Waals surface area contributed by atoms with Gasteiger partial charge in [-0.05, 0) is 19.1 Å². The average molecular weight is 231 g/mol. The van der Waals surface area contributed by atoms with Gasteiger partial charge in [0.1, 0.15) is 0 Å². The van der Waals surface area contributed by atoms with Gasteiger partial charge in [-0.15, -0.1) is 0 Å². The largest absolute Gasteiger partial charge is 0.490 e. The molecule has 1 amide bonds. The summed E-state index contributed by atoms with van der Waals surface area (Å²) in [6.07, 6.45) is 0.485. The summed E-state index contributed by atoms with van der Waals surface area (Å²) < 4.78 is 33.4. The number of halogens is 2. The van der Waals surface area contributed by atoms with E-state index < -0.39 is 6.61 Å². The molecule has 6 heteroatoms. The van der Waals surface area contributed by atoms with E-state index in [1.54, 1.807) is 6.92 Å². The lowest BCUT2D eigenvalue weighted by molar-refractivity contribution is -0.105. The van der Waals surface area contributed by atoms with Crippen LogP contribution in [0, 0.1) is 0 Å². The Balaban J connectivity index is 2.93. The zero-order valence-electron chi connectivity index (χ0n) is 8.57. The topological polar surface area (TPSA) is 47.6 Å². The van der Waals surface area contributed by atoms with Crippen LogP contribution in [0.4, 0.5) is 14.5 Å². The van der Waals surface area contributed by atoms with Gasteiger partial charge in [0.25, 0.3) is 0 Å². The summed E-state index contributed by atoms with van der Waals surface area (Å²) in [5, 5.41) is 2.38. The lowest BCUT2D eigenvalue weighted by Gasteiger charge is -2.12. The Morgan fingerprint density at radius 3 is 2.75 bits per heavy atom. The predicted molar refractivity (Wildman–Crippen MR) is 53.9 cm³/mol. The maximum absolute atomic E-state index is 12.0. The van der Waals surface area contributed by atoms with Crippen molar-refractivity contribution in [3.05, 3.63) is 18.2 Å². The van der Waals surface area contributed by atoms with Gasteiger partial charge in [-0.3, -0.25) is 4.79 Å². The first-order valence-electron chi connectivity index (χ1n) is 4.59. The molecule has 0 saturated carbocycles. The van der Waals surface area contributed by atoms with E-state index in [0.717, 1.165) is 0 Å². The van der Waals surface area contributed by atoms with Gasteiger partial charge in [-0.1, -0.05) is 0 Å². The maximum atomic E-state index is 12.0. The summed E-state index contributed by atoms with van der Waals surface area (Å²) >= 11 is 0. The number of carbonyl (C=O) groups is 1. The molecule has 0 spiro atoms. The third-order valence-corrected chi connectivity index (χ3v) is 1.69. The molecule has 4 nitrogen and oxygen atoms in total. The predicted octanol–water partition coefficient (Wildman–Crippen LogP) is 2.25. The van der Waals surface area contributed by atoms with Crippen molar-refractivity contribution in [2.75, 3.05) is 11.9 Å². The van der Waals surface area contributed by atoms with Crippen molar-refractivity contribution in [2.45, 2.75) is 13.5 Å². The highest BCUT2D eigenvalue weighted by molar-refractivity contribution is 5.72. The van der Waals surface area contributed by atoms with Gasteiger partial charge >= 0.3 is 6.61 Å². The van der Waals surface area contributed by atoms with Crippen LogP contribution in [0.3, 0.4) is 0 Å². The molecule has 1 aromatic rings. The van der Waals surface area contributed by atoms with Gasteiger partial charge in [0.05, 0.1) is 6.61 Å². The standard InChI is InChI=1S/C10H11F2NO3/c1-2-15-9-5-7(13-6-14)3-4-8(9)16-10(11)12/h3-6,10H,2H2,1H3,(H,13,14). The van der Waals surface area contributed by atoms with Crippen molar-refractivity contribution in [1.82, 2.24) is 0 Å². The third-order valence-electron chi connectivity index (χ3n) is 1.69. The van der Waals surface area contributed by atoms with Crippen molar-refractivity contribution in [2.24, 2.45) is 0 Å². The Kier molecular flexibility index (Phi) is 4.50. The Bertz CT molecular complexity index is 358. The summed E-state index contributed by atoms with van der Waals surface area (Å²) in [5.74, 6) is 0.1000. The highest BCUT2D eigenvalue weighted by atomic mass is 19.3. The molecule has 0 unspecified atom stereocenters. The zero-order chi connectivity index (χ0) is 12.0. The van der Waals surface area contributed by atoms with E-state index in [1.165, 1.54) is 18.2 Å². The molecule has 0 heterocycles. The van der Waals surface area contributed by atoms with Gasteiger partial charge in [0.15, 0.2) is 11.5 Å². The first-order valence-corrected chi connectivity index (χ1v) is 4.59. The Morgan fingerprint density at radius 1 is 1.44 bits per heavy atom. The molecule has 16 heavy (non-hydrogen) atoms. The SMILES string of the molecule is CCOc1cc(NC=O)ccc1OC(F)F. The first-order chi connectivity index (χ1) is 7.67. The van der Waals surface area contributed by atoms with E-state index in [4.69, 9.17) is 4.74 Å². The molecule has 0 aliphatic carbocycles. The molecule has 88 valence electrons. The van der Waals surface area contributed by atoms with Crippen LogP contribution in [-0.4, -0.2) is 19.6 Å². The van der Waals surface area contributed by atoms with E-state index in [9.17, 15) is 13.6 Å². The normalized spacial score (nSPS) is 10.0. The first kappa shape index (κ1) is 12.2. The molecule has 1 aromatic carbocycles. The summed E-state index contributed by atoms with van der Waals surface area (Å²) in [6, 6.07) is 4.16. The van der Waals surface area contributed by atoms with Crippen molar-refractivity contribution in [3.8, 4) is 11.5 Å². The van der Waals surface area contributed by atoms with Crippen LogP contribution in [0.5, 0.6) is 11.5 Å². The maximum Gasteiger partial charge on any atom is 0.387 e. The second kappa shape index (κ2) is 5.89. The quantitative estimate of drug-likeness (QED) is 0.764. The van der Waals surface area contributed by atoms with Crippen LogP contribution in [0.25, 0.3) is 0 Å². The molecule has 0 atom stereocenters. The summed E-state index contributed by atoms with van der Waals surface area (Å²) in [4.78, 5) is 10.2. The minimum Gasteiger partial charge on any atom is -0.490 e. The Morgan fingerprint density at radius 2 is 2.19 bits per heavy atom. The van der Waals surface area contributed by atoms with Gasteiger partial charge < -0.3 is 14.8 Å². The summed E-state index contributed by atoms with van der Waals surface area (Å²) in [7, 11) is 0. The highest BCUT2D eigenvalue weighted by Crippen LogP contribution is 2.31. The Hall–Kier alpha value is -1.85. The number of hydrogen-bond acceptors (Lipinski definition) is 3. The molecular weight excluding hydrogens is 220 g/mol. The van der Waals surface area contributed by atoms with Crippen LogP contribution in [0.1, 0.15) is 6.92 Å². The molecular formula is C10H11F2NO3. The van der Waals surface area contributed by atoms with E-state index in [0.29, 0.717) is 18.7 Å². The second-order valence-corrected chi connectivity index (χ2v) is 2.74. The Labute approximate surface area is 91.2 Å². The fourth-order valence-electron chi connectivity index (χ4n) is 1.13. The van der Waals surface area contributed by atoms with E-state index >= 15 is 0 Å². The van der Waals surface area contributed by atoms with Crippen LogP contribution in [0.15, 0.2) is 18.2 Å². The summed E-state index contributed by atoms with van der Waals surface area (Å²) in [5.41, 5.74) is 0.445. The van der Waals surface area contributed by atoms with Gasteiger partial charge in [0.2, 0.25) is 6.41 Å². The lowest BCUT2D eigenvalue weighted by atomic mass is 10.3. The van der Waals surface area contributed by atoms with E-state index in [2.05, 4.69) is 10.1 Å². The fraction of sp³-hybridized carbons (Fsp3) is 0.300. The second-order valence-electron chi connectivity index (χ2n) is 2.74. The zero-order valence-corrected chi connectivity index (χ0v) is 8.57.